The first-order valence-electron chi connectivity index (χ1n) is 8.73. The minimum atomic E-state index is -2.24. The zero-order valence-electron chi connectivity index (χ0n) is 15.4. The summed E-state index contributed by atoms with van der Waals surface area (Å²) in [6, 6.07) is 15.9. The van der Waals surface area contributed by atoms with E-state index in [0.29, 0.717) is 0 Å². The number of hydrogen-bond acceptors (Lipinski definition) is 9. The minimum Gasteiger partial charge on any atom is -0.425 e. The average molecular weight is 404 g/mol. The largest absolute Gasteiger partial charge is 0.514 e. The van der Waals surface area contributed by atoms with Crippen molar-refractivity contribution in [1.82, 2.24) is 0 Å². The van der Waals surface area contributed by atoms with E-state index in [-0.39, 0.29) is 11.5 Å². The summed E-state index contributed by atoms with van der Waals surface area (Å²) in [4.78, 5) is 24.6. The Morgan fingerprint density at radius 2 is 1.45 bits per heavy atom. The maximum atomic E-state index is 12.5. The Labute approximate surface area is 166 Å². The number of aliphatic hydroxyl groups is 3. The molecule has 1 fully saturated rings. The minimum absolute atomic E-state index is 0.166. The normalized spacial score (nSPS) is 29.0. The van der Waals surface area contributed by atoms with Gasteiger partial charge in [-0.1, -0.05) is 36.4 Å². The molecular weight excluding hydrogens is 384 g/mol. The molecule has 3 rings (SSSR count). The number of aliphatic hydroxyl groups excluding tert-OH is 2. The van der Waals surface area contributed by atoms with Crippen LogP contribution in [0.3, 0.4) is 0 Å². The summed E-state index contributed by atoms with van der Waals surface area (Å²) >= 11 is 0. The van der Waals surface area contributed by atoms with Crippen LogP contribution in [0.2, 0.25) is 0 Å². The molecule has 2 aromatic rings. The Kier molecular flexibility index (Phi) is 6.14. The molecule has 154 valence electrons. The van der Waals surface area contributed by atoms with Crippen LogP contribution >= 0.6 is 0 Å². The van der Waals surface area contributed by atoms with E-state index in [1.807, 2.05) is 0 Å². The van der Waals surface area contributed by atoms with Crippen LogP contribution in [-0.2, 0) is 14.3 Å². The molecule has 0 spiro atoms. The highest BCUT2D eigenvalue weighted by molar-refractivity contribution is 5.79. The van der Waals surface area contributed by atoms with E-state index in [9.17, 15) is 24.9 Å². The molecule has 29 heavy (non-hydrogen) atoms. The predicted molar refractivity (Wildman–Crippen MR) is 96.9 cm³/mol. The van der Waals surface area contributed by atoms with Gasteiger partial charge in [-0.25, -0.2) is 9.59 Å². The number of rotatable bonds is 4. The maximum absolute atomic E-state index is 12.5. The van der Waals surface area contributed by atoms with E-state index in [0.717, 1.165) is 6.92 Å². The summed E-state index contributed by atoms with van der Waals surface area (Å²) < 4.78 is 20.1. The monoisotopic (exact) mass is 404 g/mol. The second-order valence-corrected chi connectivity index (χ2v) is 6.56. The Morgan fingerprint density at radius 1 is 0.931 bits per heavy atom. The Hall–Kier alpha value is -2.98. The third-order valence-electron chi connectivity index (χ3n) is 4.33. The van der Waals surface area contributed by atoms with Crippen LogP contribution in [0.5, 0.6) is 11.5 Å². The molecule has 0 radical (unpaired) electrons. The molecule has 1 aliphatic heterocycles. The van der Waals surface area contributed by atoms with Crippen molar-refractivity contribution in [2.75, 3.05) is 0 Å². The van der Waals surface area contributed by atoms with Crippen molar-refractivity contribution in [3.05, 3.63) is 60.7 Å². The quantitative estimate of drug-likeness (QED) is 0.388. The van der Waals surface area contributed by atoms with Crippen LogP contribution in [0.1, 0.15) is 6.92 Å². The van der Waals surface area contributed by atoms with Gasteiger partial charge < -0.3 is 34.3 Å². The lowest BCUT2D eigenvalue weighted by Gasteiger charge is -2.44. The van der Waals surface area contributed by atoms with Crippen LogP contribution in [-0.4, -0.2) is 57.6 Å². The standard InChI is InChI=1S/C20H20O9/c1-20(25)15(29-19(24)27-13-10-6-3-7-11-13)14(21)17(22)28-16(20)18(23)26-12-8-4-2-5-9-12/h2-11,14-17,21-22,25H,1H3/t14?,15-,16?,17-,20+/m1/s1. The fourth-order valence-electron chi connectivity index (χ4n) is 2.86. The molecule has 1 aliphatic rings. The highest BCUT2D eigenvalue weighted by Gasteiger charge is 2.58. The smallest absolute Gasteiger partial charge is 0.425 e. The summed E-state index contributed by atoms with van der Waals surface area (Å²) in [7, 11) is 0. The van der Waals surface area contributed by atoms with Crippen molar-refractivity contribution in [2.24, 2.45) is 0 Å². The SMILES string of the molecule is C[C@@]1(O)C(C(=O)Oc2ccccc2)O[C@@H](O)C(O)[C@H]1OC(=O)Oc1ccccc1. The lowest BCUT2D eigenvalue weighted by molar-refractivity contribution is -0.307. The summed E-state index contributed by atoms with van der Waals surface area (Å²) in [5.74, 6) is -0.699. The summed E-state index contributed by atoms with van der Waals surface area (Å²) in [6.45, 7) is 1.11. The van der Waals surface area contributed by atoms with Gasteiger partial charge >= 0.3 is 12.1 Å². The van der Waals surface area contributed by atoms with Gasteiger partial charge in [-0.15, -0.1) is 0 Å². The Morgan fingerprint density at radius 3 is 2.00 bits per heavy atom. The molecule has 2 aromatic carbocycles. The fraction of sp³-hybridized carbons (Fsp3) is 0.300. The van der Waals surface area contributed by atoms with Gasteiger partial charge in [0.2, 0.25) is 0 Å². The van der Waals surface area contributed by atoms with Gasteiger partial charge in [-0.2, -0.15) is 0 Å². The van der Waals surface area contributed by atoms with Gasteiger partial charge in [0, 0.05) is 0 Å². The van der Waals surface area contributed by atoms with Crippen molar-refractivity contribution in [3.8, 4) is 11.5 Å². The molecule has 9 heteroatoms. The molecule has 3 N–H and O–H groups in total. The number of esters is 1. The molecule has 1 heterocycles. The molecule has 0 aromatic heterocycles. The zero-order chi connectivity index (χ0) is 21.0. The molecule has 0 bridgehead atoms. The number of para-hydroxylation sites is 2. The predicted octanol–water partition coefficient (Wildman–Crippen LogP) is 1.01. The molecule has 2 unspecified atom stereocenters. The third-order valence-corrected chi connectivity index (χ3v) is 4.33. The van der Waals surface area contributed by atoms with Crippen LogP contribution in [0.4, 0.5) is 4.79 Å². The first-order valence-corrected chi connectivity index (χ1v) is 8.73. The highest BCUT2D eigenvalue weighted by atomic mass is 16.7. The van der Waals surface area contributed by atoms with E-state index in [1.54, 1.807) is 36.4 Å². The van der Waals surface area contributed by atoms with E-state index in [1.165, 1.54) is 24.3 Å². The zero-order valence-corrected chi connectivity index (χ0v) is 15.4. The maximum Gasteiger partial charge on any atom is 0.514 e. The Balaban J connectivity index is 1.75. The second kappa shape index (κ2) is 8.58. The van der Waals surface area contributed by atoms with E-state index >= 15 is 0 Å². The van der Waals surface area contributed by atoms with Gasteiger partial charge in [0.1, 0.15) is 23.2 Å². The summed E-state index contributed by atoms with van der Waals surface area (Å²) in [6.07, 6.45) is -8.50. The third kappa shape index (κ3) is 4.72. The first kappa shape index (κ1) is 20.7. The van der Waals surface area contributed by atoms with Crippen LogP contribution in [0, 0.1) is 0 Å². The van der Waals surface area contributed by atoms with Crippen molar-refractivity contribution in [3.63, 3.8) is 0 Å². The number of ether oxygens (including phenoxy) is 4. The van der Waals surface area contributed by atoms with Crippen molar-refractivity contribution in [1.29, 1.82) is 0 Å². The molecule has 1 saturated heterocycles. The van der Waals surface area contributed by atoms with Crippen molar-refractivity contribution in [2.45, 2.75) is 37.1 Å². The highest BCUT2D eigenvalue weighted by Crippen LogP contribution is 2.32. The summed E-state index contributed by atoms with van der Waals surface area (Å²) in [5, 5.41) is 30.9. The van der Waals surface area contributed by atoms with E-state index in [2.05, 4.69) is 0 Å². The fourth-order valence-corrected chi connectivity index (χ4v) is 2.86. The van der Waals surface area contributed by atoms with Crippen LogP contribution in [0.15, 0.2) is 60.7 Å². The average Bonchev–Trinajstić information content (AvgIpc) is 2.69. The van der Waals surface area contributed by atoms with Gasteiger partial charge in [0.25, 0.3) is 0 Å². The van der Waals surface area contributed by atoms with Crippen LogP contribution in [0.25, 0.3) is 0 Å². The van der Waals surface area contributed by atoms with E-state index in [4.69, 9.17) is 18.9 Å². The van der Waals surface area contributed by atoms with E-state index < -0.39 is 42.3 Å². The topological polar surface area (TPSA) is 132 Å². The molecule has 0 amide bonds. The number of carbonyl (C=O) groups excluding carboxylic acids is 2. The lowest BCUT2D eigenvalue weighted by atomic mass is 9.85. The molecule has 9 nitrogen and oxygen atoms in total. The molecular formula is C20H20O9. The lowest BCUT2D eigenvalue weighted by Crippen LogP contribution is -2.68. The van der Waals surface area contributed by atoms with Gasteiger partial charge in [-0.05, 0) is 31.2 Å². The number of benzene rings is 2. The molecule has 0 saturated carbocycles. The number of carbonyl (C=O) groups is 2. The molecule has 0 aliphatic carbocycles. The Bertz CT molecular complexity index is 838. The summed E-state index contributed by atoms with van der Waals surface area (Å²) in [5.41, 5.74) is -2.24. The van der Waals surface area contributed by atoms with Gasteiger partial charge in [0.05, 0.1) is 0 Å². The second-order valence-electron chi connectivity index (χ2n) is 6.56. The van der Waals surface area contributed by atoms with Crippen molar-refractivity contribution < 1.29 is 43.9 Å². The first-order chi connectivity index (χ1) is 13.8. The van der Waals surface area contributed by atoms with Crippen molar-refractivity contribution >= 4 is 12.1 Å². The molecule has 5 atom stereocenters. The van der Waals surface area contributed by atoms with Gasteiger partial charge in [-0.3, -0.25) is 0 Å². The van der Waals surface area contributed by atoms with Gasteiger partial charge in [0.15, 0.2) is 18.5 Å². The van der Waals surface area contributed by atoms with Crippen LogP contribution < -0.4 is 9.47 Å². The number of hydrogen-bond donors (Lipinski definition) is 3.